The summed E-state index contributed by atoms with van der Waals surface area (Å²) in [6.45, 7) is 1.58. The van der Waals surface area contributed by atoms with Crippen LogP contribution in [0.2, 0.25) is 0 Å². The summed E-state index contributed by atoms with van der Waals surface area (Å²) in [4.78, 5) is 22.0. The SMILES string of the molecule is COc1ccc(OCCC(=O)OC(C)C(N)=O)cc1. The van der Waals surface area contributed by atoms with E-state index in [0.717, 1.165) is 5.75 Å². The monoisotopic (exact) mass is 267 g/mol. The molecule has 0 spiro atoms. The number of ether oxygens (including phenoxy) is 3. The summed E-state index contributed by atoms with van der Waals surface area (Å²) in [5, 5.41) is 0. The van der Waals surface area contributed by atoms with Crippen molar-refractivity contribution in [2.45, 2.75) is 19.4 Å². The van der Waals surface area contributed by atoms with E-state index in [4.69, 9.17) is 19.9 Å². The first kappa shape index (κ1) is 14.8. The summed E-state index contributed by atoms with van der Waals surface area (Å²) in [6.07, 6.45) is -0.877. The molecule has 1 aromatic rings. The average Bonchev–Trinajstić information content (AvgIpc) is 2.39. The molecule has 1 unspecified atom stereocenters. The number of primary amides is 1. The van der Waals surface area contributed by atoms with Gasteiger partial charge >= 0.3 is 5.97 Å². The predicted octanol–water partition coefficient (Wildman–Crippen LogP) is 0.881. The first-order valence-corrected chi connectivity index (χ1v) is 5.78. The molecule has 6 heteroatoms. The molecule has 0 radical (unpaired) electrons. The molecule has 0 saturated heterocycles. The molecule has 6 nitrogen and oxygen atoms in total. The van der Waals surface area contributed by atoms with Crippen molar-refractivity contribution in [3.63, 3.8) is 0 Å². The highest BCUT2D eigenvalue weighted by atomic mass is 16.5. The standard InChI is InChI=1S/C13H17NO5/c1-9(13(14)16)19-12(15)7-8-18-11-5-3-10(17-2)4-6-11/h3-6,9H,7-8H2,1-2H3,(H2,14,16). The third-order valence-corrected chi connectivity index (χ3v) is 2.34. The second-order valence-electron chi connectivity index (χ2n) is 3.81. The molecule has 0 fully saturated rings. The number of esters is 1. The summed E-state index contributed by atoms with van der Waals surface area (Å²) in [5.41, 5.74) is 4.97. The van der Waals surface area contributed by atoms with E-state index in [1.165, 1.54) is 6.92 Å². The van der Waals surface area contributed by atoms with Gasteiger partial charge in [-0.25, -0.2) is 0 Å². The van der Waals surface area contributed by atoms with Crippen LogP contribution in [0.15, 0.2) is 24.3 Å². The molecule has 0 bridgehead atoms. The number of nitrogens with two attached hydrogens (primary N) is 1. The molecule has 0 saturated carbocycles. The lowest BCUT2D eigenvalue weighted by Gasteiger charge is -2.10. The zero-order valence-corrected chi connectivity index (χ0v) is 10.9. The molecule has 0 aliphatic rings. The van der Waals surface area contributed by atoms with Crippen LogP contribution in [0.1, 0.15) is 13.3 Å². The van der Waals surface area contributed by atoms with Crippen molar-refractivity contribution in [2.75, 3.05) is 13.7 Å². The molecule has 1 amide bonds. The van der Waals surface area contributed by atoms with Crippen LogP contribution in [0, 0.1) is 0 Å². The van der Waals surface area contributed by atoms with Crippen LogP contribution in [-0.4, -0.2) is 31.7 Å². The van der Waals surface area contributed by atoms with Crippen LogP contribution in [-0.2, 0) is 14.3 Å². The van der Waals surface area contributed by atoms with Crippen LogP contribution >= 0.6 is 0 Å². The molecular formula is C13H17NO5. The van der Waals surface area contributed by atoms with Crippen molar-refractivity contribution in [2.24, 2.45) is 5.73 Å². The molecule has 104 valence electrons. The predicted molar refractivity (Wildman–Crippen MR) is 67.9 cm³/mol. The minimum Gasteiger partial charge on any atom is -0.497 e. The highest BCUT2D eigenvalue weighted by Gasteiger charge is 2.14. The molecule has 1 rings (SSSR count). The quantitative estimate of drug-likeness (QED) is 0.741. The van der Waals surface area contributed by atoms with Crippen molar-refractivity contribution in [1.29, 1.82) is 0 Å². The largest absolute Gasteiger partial charge is 0.497 e. The van der Waals surface area contributed by atoms with E-state index in [9.17, 15) is 9.59 Å². The topological polar surface area (TPSA) is 87.8 Å². The fourth-order valence-corrected chi connectivity index (χ4v) is 1.24. The van der Waals surface area contributed by atoms with E-state index < -0.39 is 18.0 Å². The van der Waals surface area contributed by atoms with Gasteiger partial charge in [-0.3, -0.25) is 9.59 Å². The molecule has 0 aromatic heterocycles. The van der Waals surface area contributed by atoms with Gasteiger partial charge in [-0.05, 0) is 31.2 Å². The van der Waals surface area contributed by atoms with Crippen LogP contribution in [0.25, 0.3) is 0 Å². The van der Waals surface area contributed by atoms with E-state index >= 15 is 0 Å². The third-order valence-electron chi connectivity index (χ3n) is 2.34. The number of amides is 1. The fraction of sp³-hybridized carbons (Fsp3) is 0.385. The Morgan fingerprint density at radius 3 is 2.32 bits per heavy atom. The number of methoxy groups -OCH3 is 1. The van der Waals surface area contributed by atoms with E-state index in [0.29, 0.717) is 5.75 Å². The second kappa shape index (κ2) is 7.25. The van der Waals surface area contributed by atoms with Gasteiger partial charge in [0, 0.05) is 0 Å². The molecule has 2 N–H and O–H groups in total. The number of carbonyl (C=O) groups excluding carboxylic acids is 2. The van der Waals surface area contributed by atoms with E-state index in [1.807, 2.05) is 0 Å². The van der Waals surface area contributed by atoms with Crippen molar-refractivity contribution in [3.05, 3.63) is 24.3 Å². The van der Waals surface area contributed by atoms with Gasteiger partial charge in [0.2, 0.25) is 0 Å². The van der Waals surface area contributed by atoms with Gasteiger partial charge in [-0.15, -0.1) is 0 Å². The minimum atomic E-state index is -0.923. The van der Waals surface area contributed by atoms with Gasteiger partial charge in [-0.2, -0.15) is 0 Å². The molecule has 1 atom stereocenters. The number of carbonyl (C=O) groups is 2. The molecule has 0 heterocycles. The average molecular weight is 267 g/mol. The Balaban J connectivity index is 2.29. The second-order valence-corrected chi connectivity index (χ2v) is 3.81. The maximum absolute atomic E-state index is 11.3. The van der Waals surface area contributed by atoms with E-state index in [-0.39, 0.29) is 13.0 Å². The normalized spacial score (nSPS) is 11.5. The lowest BCUT2D eigenvalue weighted by Crippen LogP contribution is -2.30. The Labute approximate surface area is 111 Å². The zero-order valence-electron chi connectivity index (χ0n) is 10.9. The molecule has 0 aliphatic heterocycles. The minimum absolute atomic E-state index is 0.0453. The lowest BCUT2D eigenvalue weighted by molar-refractivity contribution is -0.154. The summed E-state index contributed by atoms with van der Waals surface area (Å²) in [5.74, 6) is 0.142. The number of hydrogen-bond acceptors (Lipinski definition) is 5. The number of benzene rings is 1. The van der Waals surface area contributed by atoms with Crippen LogP contribution in [0.5, 0.6) is 11.5 Å². The van der Waals surface area contributed by atoms with Crippen molar-refractivity contribution in [1.82, 2.24) is 0 Å². The number of rotatable bonds is 7. The summed E-state index contributed by atoms with van der Waals surface area (Å²) in [6, 6.07) is 6.97. The van der Waals surface area contributed by atoms with Crippen molar-refractivity contribution >= 4 is 11.9 Å². The first-order chi connectivity index (χ1) is 9.02. The van der Waals surface area contributed by atoms with Crippen LogP contribution in [0.3, 0.4) is 0 Å². The van der Waals surface area contributed by atoms with Gasteiger partial charge in [0.15, 0.2) is 6.10 Å². The summed E-state index contributed by atoms with van der Waals surface area (Å²) >= 11 is 0. The van der Waals surface area contributed by atoms with Gasteiger partial charge in [0.1, 0.15) is 11.5 Å². The van der Waals surface area contributed by atoms with Crippen LogP contribution in [0.4, 0.5) is 0 Å². The molecule has 0 aliphatic carbocycles. The first-order valence-electron chi connectivity index (χ1n) is 5.78. The van der Waals surface area contributed by atoms with Crippen LogP contribution < -0.4 is 15.2 Å². The van der Waals surface area contributed by atoms with Gasteiger partial charge in [0.25, 0.3) is 5.91 Å². The maximum atomic E-state index is 11.3. The highest BCUT2D eigenvalue weighted by Crippen LogP contribution is 2.17. The third kappa shape index (κ3) is 5.29. The highest BCUT2D eigenvalue weighted by molar-refractivity contribution is 5.81. The van der Waals surface area contributed by atoms with E-state index in [2.05, 4.69) is 0 Å². The number of hydrogen-bond donors (Lipinski definition) is 1. The van der Waals surface area contributed by atoms with Crippen molar-refractivity contribution in [3.8, 4) is 11.5 Å². The summed E-state index contributed by atoms with van der Waals surface area (Å²) in [7, 11) is 1.58. The summed E-state index contributed by atoms with van der Waals surface area (Å²) < 4.78 is 15.1. The van der Waals surface area contributed by atoms with E-state index in [1.54, 1.807) is 31.4 Å². The smallest absolute Gasteiger partial charge is 0.310 e. The van der Waals surface area contributed by atoms with Gasteiger partial charge in [0.05, 0.1) is 20.1 Å². The zero-order chi connectivity index (χ0) is 14.3. The lowest BCUT2D eigenvalue weighted by atomic mass is 10.3. The molecule has 1 aromatic carbocycles. The Bertz CT molecular complexity index is 429. The molecular weight excluding hydrogens is 250 g/mol. The van der Waals surface area contributed by atoms with Gasteiger partial charge in [-0.1, -0.05) is 0 Å². The Morgan fingerprint density at radius 2 is 1.79 bits per heavy atom. The fourth-order valence-electron chi connectivity index (χ4n) is 1.24. The Morgan fingerprint density at radius 1 is 1.21 bits per heavy atom. The van der Waals surface area contributed by atoms with Crippen molar-refractivity contribution < 1.29 is 23.8 Å². The van der Waals surface area contributed by atoms with Gasteiger partial charge < -0.3 is 19.9 Å². The Hall–Kier alpha value is -2.24. The Kier molecular flexibility index (Phi) is 5.66. The maximum Gasteiger partial charge on any atom is 0.310 e. The molecule has 19 heavy (non-hydrogen) atoms.